The molecule has 0 heterocycles. The van der Waals surface area contributed by atoms with Gasteiger partial charge in [0.1, 0.15) is 0 Å². The third-order valence-electron chi connectivity index (χ3n) is 3.53. The van der Waals surface area contributed by atoms with E-state index in [-0.39, 0.29) is 0 Å². The molecule has 0 aromatic carbocycles. The normalized spacial score (nSPS) is 44.8. The summed E-state index contributed by atoms with van der Waals surface area (Å²) in [4.78, 5) is 0. The molecule has 0 amide bonds. The van der Waals surface area contributed by atoms with Gasteiger partial charge in [-0.05, 0) is 37.0 Å². The van der Waals surface area contributed by atoms with Gasteiger partial charge >= 0.3 is 0 Å². The quantitative estimate of drug-likeness (QED) is 0.666. The summed E-state index contributed by atoms with van der Waals surface area (Å²) in [5, 5.41) is 3.76. The summed E-state index contributed by atoms with van der Waals surface area (Å²) in [7, 11) is 0. The summed E-state index contributed by atoms with van der Waals surface area (Å²) in [6, 6.07) is 1.69. The monoisotopic (exact) mass is 167 g/mol. The number of rotatable bonds is 2. The van der Waals surface area contributed by atoms with Gasteiger partial charge < -0.3 is 5.32 Å². The molecule has 70 valence electrons. The van der Waals surface area contributed by atoms with Gasteiger partial charge in [-0.15, -0.1) is 0 Å². The van der Waals surface area contributed by atoms with E-state index in [9.17, 15) is 0 Å². The predicted molar refractivity (Wildman–Crippen MR) is 52.1 cm³/mol. The Bertz CT molecular complexity index is 174. The van der Waals surface area contributed by atoms with Crippen LogP contribution in [0.2, 0.25) is 0 Å². The Balaban J connectivity index is 1.77. The second kappa shape index (κ2) is 2.73. The predicted octanol–water partition coefficient (Wildman–Crippen LogP) is 2.56. The maximum Gasteiger partial charge on any atom is 0.00989 e. The van der Waals surface area contributed by atoms with E-state index in [1.165, 1.54) is 25.7 Å². The zero-order valence-corrected chi connectivity index (χ0v) is 8.56. The lowest BCUT2D eigenvalue weighted by molar-refractivity contribution is 0.363. The average Bonchev–Trinajstić information content (AvgIpc) is 2.49. The third-order valence-corrected chi connectivity index (χ3v) is 3.53. The number of hydrogen-bond acceptors (Lipinski definition) is 1. The molecule has 0 aromatic heterocycles. The van der Waals surface area contributed by atoms with Crippen LogP contribution in [-0.2, 0) is 0 Å². The molecule has 12 heavy (non-hydrogen) atoms. The van der Waals surface area contributed by atoms with E-state index in [1.807, 2.05) is 0 Å². The van der Waals surface area contributed by atoms with Crippen LogP contribution in [0.5, 0.6) is 0 Å². The Morgan fingerprint density at radius 1 is 1.33 bits per heavy atom. The summed E-state index contributed by atoms with van der Waals surface area (Å²) in [6.07, 6.45) is 5.61. The van der Waals surface area contributed by atoms with Gasteiger partial charge in [-0.3, -0.25) is 0 Å². The largest absolute Gasteiger partial charge is 0.311 e. The Hall–Kier alpha value is -0.0400. The molecule has 0 bridgehead atoms. The molecule has 2 fully saturated rings. The van der Waals surface area contributed by atoms with Crippen LogP contribution in [0.1, 0.15) is 46.5 Å². The highest BCUT2D eigenvalue weighted by molar-refractivity contribution is 4.95. The van der Waals surface area contributed by atoms with Crippen molar-refractivity contribution in [2.24, 2.45) is 11.3 Å². The molecular formula is C11H21N. The zero-order valence-electron chi connectivity index (χ0n) is 8.56. The fraction of sp³-hybridized carbons (Fsp3) is 1.00. The van der Waals surface area contributed by atoms with E-state index in [2.05, 4.69) is 26.1 Å². The first-order valence-electron chi connectivity index (χ1n) is 5.33. The standard InChI is InChI=1S/C11H21N/c1-8-6-10(8)12-9-4-5-11(2,3)7-9/h8-10,12H,4-7H2,1-3H3/t8-,9?,10-/m1/s1. The van der Waals surface area contributed by atoms with Crippen molar-refractivity contribution in [2.75, 3.05) is 0 Å². The lowest BCUT2D eigenvalue weighted by Gasteiger charge is -2.17. The fourth-order valence-electron chi connectivity index (χ4n) is 2.44. The van der Waals surface area contributed by atoms with Crippen molar-refractivity contribution in [1.82, 2.24) is 5.32 Å². The minimum Gasteiger partial charge on any atom is -0.311 e. The van der Waals surface area contributed by atoms with E-state index in [0.29, 0.717) is 5.41 Å². The molecule has 2 aliphatic rings. The van der Waals surface area contributed by atoms with Crippen molar-refractivity contribution in [3.8, 4) is 0 Å². The molecule has 2 rings (SSSR count). The molecule has 3 atom stereocenters. The Morgan fingerprint density at radius 2 is 2.00 bits per heavy atom. The van der Waals surface area contributed by atoms with Gasteiger partial charge in [-0.2, -0.15) is 0 Å². The van der Waals surface area contributed by atoms with E-state index < -0.39 is 0 Å². The lowest BCUT2D eigenvalue weighted by atomic mass is 9.92. The molecule has 1 unspecified atom stereocenters. The van der Waals surface area contributed by atoms with Crippen molar-refractivity contribution in [2.45, 2.75) is 58.5 Å². The topological polar surface area (TPSA) is 12.0 Å². The number of nitrogens with one attached hydrogen (secondary N) is 1. The first-order chi connectivity index (χ1) is 5.57. The summed E-state index contributed by atoms with van der Waals surface area (Å²) in [6.45, 7) is 7.13. The van der Waals surface area contributed by atoms with Crippen LogP contribution in [0.15, 0.2) is 0 Å². The summed E-state index contributed by atoms with van der Waals surface area (Å²) < 4.78 is 0. The van der Waals surface area contributed by atoms with Gasteiger partial charge in [0.2, 0.25) is 0 Å². The molecule has 1 heteroatoms. The van der Waals surface area contributed by atoms with Crippen molar-refractivity contribution < 1.29 is 0 Å². The first-order valence-corrected chi connectivity index (χ1v) is 5.33. The second-order valence-electron chi connectivity index (χ2n) is 5.59. The van der Waals surface area contributed by atoms with Crippen molar-refractivity contribution in [1.29, 1.82) is 0 Å². The lowest BCUT2D eigenvalue weighted by Crippen LogP contribution is -2.30. The zero-order chi connectivity index (χ0) is 8.77. The summed E-state index contributed by atoms with van der Waals surface area (Å²) >= 11 is 0. The number of hydrogen-bond donors (Lipinski definition) is 1. The SMILES string of the molecule is C[C@@H]1C[C@H]1NC1CCC(C)(C)C1. The van der Waals surface area contributed by atoms with Crippen LogP contribution in [0.25, 0.3) is 0 Å². The van der Waals surface area contributed by atoms with Gasteiger partial charge in [0.25, 0.3) is 0 Å². The van der Waals surface area contributed by atoms with Gasteiger partial charge in [-0.25, -0.2) is 0 Å². The first kappa shape index (κ1) is 8.55. The van der Waals surface area contributed by atoms with Crippen LogP contribution >= 0.6 is 0 Å². The van der Waals surface area contributed by atoms with Crippen LogP contribution in [0.3, 0.4) is 0 Å². The molecule has 0 radical (unpaired) electrons. The van der Waals surface area contributed by atoms with Crippen molar-refractivity contribution in [3.63, 3.8) is 0 Å². The molecule has 1 N–H and O–H groups in total. The van der Waals surface area contributed by atoms with E-state index in [1.54, 1.807) is 0 Å². The highest BCUT2D eigenvalue weighted by Crippen LogP contribution is 2.39. The summed E-state index contributed by atoms with van der Waals surface area (Å²) in [5.41, 5.74) is 0.607. The minimum atomic E-state index is 0.607. The maximum absolute atomic E-state index is 3.76. The third kappa shape index (κ3) is 1.82. The Kier molecular flexibility index (Phi) is 1.95. The minimum absolute atomic E-state index is 0.607. The molecule has 2 saturated carbocycles. The van der Waals surface area contributed by atoms with Crippen LogP contribution in [0.4, 0.5) is 0 Å². The Morgan fingerprint density at radius 3 is 2.42 bits per heavy atom. The summed E-state index contributed by atoms with van der Waals surface area (Å²) in [5.74, 6) is 0.953. The van der Waals surface area contributed by atoms with Gasteiger partial charge in [0, 0.05) is 12.1 Å². The molecule has 1 nitrogen and oxygen atoms in total. The van der Waals surface area contributed by atoms with Gasteiger partial charge in [-0.1, -0.05) is 20.8 Å². The van der Waals surface area contributed by atoms with E-state index >= 15 is 0 Å². The van der Waals surface area contributed by atoms with Crippen LogP contribution in [-0.4, -0.2) is 12.1 Å². The maximum atomic E-state index is 3.76. The van der Waals surface area contributed by atoms with E-state index in [4.69, 9.17) is 0 Å². The second-order valence-corrected chi connectivity index (χ2v) is 5.59. The molecule has 0 spiro atoms. The van der Waals surface area contributed by atoms with Gasteiger partial charge in [0.15, 0.2) is 0 Å². The average molecular weight is 167 g/mol. The van der Waals surface area contributed by atoms with Crippen LogP contribution in [0, 0.1) is 11.3 Å². The van der Waals surface area contributed by atoms with Crippen LogP contribution < -0.4 is 5.32 Å². The van der Waals surface area contributed by atoms with Crippen molar-refractivity contribution in [3.05, 3.63) is 0 Å². The fourth-order valence-corrected chi connectivity index (χ4v) is 2.44. The van der Waals surface area contributed by atoms with E-state index in [0.717, 1.165) is 18.0 Å². The molecule has 0 aliphatic heterocycles. The smallest absolute Gasteiger partial charge is 0.00989 e. The van der Waals surface area contributed by atoms with Crippen molar-refractivity contribution >= 4 is 0 Å². The molecular weight excluding hydrogens is 146 g/mol. The molecule has 2 aliphatic carbocycles. The highest BCUT2D eigenvalue weighted by atomic mass is 15.0. The Labute approximate surface area is 75.9 Å². The van der Waals surface area contributed by atoms with Gasteiger partial charge in [0.05, 0.1) is 0 Å². The molecule has 0 aromatic rings. The molecule has 0 saturated heterocycles. The highest BCUT2D eigenvalue weighted by Gasteiger charge is 2.38.